The summed E-state index contributed by atoms with van der Waals surface area (Å²) in [6.07, 6.45) is 1.91. The fourth-order valence-corrected chi connectivity index (χ4v) is 2.39. The molecule has 0 unspecified atom stereocenters. The van der Waals surface area contributed by atoms with Crippen LogP contribution >= 0.6 is 0 Å². The number of rotatable bonds is 4. The molecule has 0 aromatic heterocycles. The first-order chi connectivity index (χ1) is 9.31. The molecule has 0 aliphatic carbocycles. The lowest BCUT2D eigenvalue weighted by atomic mass is 10.1. The number of amides is 1. The first kappa shape index (κ1) is 13.9. The van der Waals surface area contributed by atoms with Gasteiger partial charge in [-0.2, -0.15) is 0 Å². The monoisotopic (exact) mass is 262 g/mol. The van der Waals surface area contributed by atoms with Gasteiger partial charge in [-0.1, -0.05) is 43.7 Å². The molecule has 0 spiro atoms. The van der Waals surface area contributed by atoms with E-state index in [2.05, 4.69) is 12.2 Å². The van der Waals surface area contributed by atoms with Crippen molar-refractivity contribution in [2.45, 2.75) is 32.4 Å². The zero-order valence-electron chi connectivity index (χ0n) is 11.5. The summed E-state index contributed by atoms with van der Waals surface area (Å²) >= 11 is 0. The minimum Gasteiger partial charge on any atom is -0.445 e. The molecule has 1 aliphatic heterocycles. The smallest absolute Gasteiger partial charge is 0.410 e. The molecule has 4 heteroatoms. The summed E-state index contributed by atoms with van der Waals surface area (Å²) in [6, 6.07) is 10.1. The molecule has 19 heavy (non-hydrogen) atoms. The first-order valence-corrected chi connectivity index (χ1v) is 6.99. The van der Waals surface area contributed by atoms with Gasteiger partial charge >= 0.3 is 6.09 Å². The first-order valence-electron chi connectivity index (χ1n) is 6.99. The second-order valence-corrected chi connectivity index (χ2v) is 4.88. The van der Waals surface area contributed by atoms with Gasteiger partial charge < -0.3 is 15.0 Å². The van der Waals surface area contributed by atoms with Crippen molar-refractivity contribution in [3.8, 4) is 0 Å². The standard InChI is InChI=1S/C15H22N2O2/c1-2-6-14-11-16-9-10-17(14)15(18)19-12-13-7-4-3-5-8-13/h3-5,7-8,14,16H,2,6,9-12H2,1H3/t14-/m0/s1. The number of piperazine rings is 1. The van der Waals surface area contributed by atoms with Crippen LogP contribution in [-0.2, 0) is 11.3 Å². The third-order valence-electron chi connectivity index (χ3n) is 3.41. The van der Waals surface area contributed by atoms with Gasteiger partial charge in [-0.25, -0.2) is 4.79 Å². The van der Waals surface area contributed by atoms with Crippen molar-refractivity contribution in [1.29, 1.82) is 0 Å². The predicted octanol–water partition coefficient (Wildman–Crippen LogP) is 2.40. The Labute approximate surface area is 114 Å². The van der Waals surface area contributed by atoms with Gasteiger partial charge in [-0.05, 0) is 12.0 Å². The van der Waals surface area contributed by atoms with Crippen LogP contribution in [0.3, 0.4) is 0 Å². The fourth-order valence-electron chi connectivity index (χ4n) is 2.39. The lowest BCUT2D eigenvalue weighted by molar-refractivity contribution is 0.0701. The summed E-state index contributed by atoms with van der Waals surface area (Å²) in [5.74, 6) is 0. The summed E-state index contributed by atoms with van der Waals surface area (Å²) in [5.41, 5.74) is 1.03. The van der Waals surface area contributed by atoms with Crippen molar-refractivity contribution < 1.29 is 9.53 Å². The van der Waals surface area contributed by atoms with Crippen molar-refractivity contribution >= 4 is 6.09 Å². The molecule has 0 radical (unpaired) electrons. The minimum atomic E-state index is -0.191. The SMILES string of the molecule is CCC[C@H]1CNCCN1C(=O)OCc1ccccc1. The number of carbonyl (C=O) groups excluding carboxylic acids is 1. The highest BCUT2D eigenvalue weighted by Gasteiger charge is 2.26. The van der Waals surface area contributed by atoms with E-state index >= 15 is 0 Å². The van der Waals surface area contributed by atoms with Crippen LogP contribution in [0.5, 0.6) is 0 Å². The van der Waals surface area contributed by atoms with Crippen molar-refractivity contribution in [2.75, 3.05) is 19.6 Å². The van der Waals surface area contributed by atoms with E-state index in [1.165, 1.54) is 0 Å². The van der Waals surface area contributed by atoms with Gasteiger partial charge in [-0.3, -0.25) is 0 Å². The van der Waals surface area contributed by atoms with Gasteiger partial charge in [0.25, 0.3) is 0 Å². The summed E-state index contributed by atoms with van der Waals surface area (Å²) in [5, 5.41) is 3.33. The molecule has 1 fully saturated rings. The van der Waals surface area contributed by atoms with E-state index in [9.17, 15) is 4.79 Å². The van der Waals surface area contributed by atoms with Crippen LogP contribution in [0.1, 0.15) is 25.3 Å². The Morgan fingerprint density at radius 2 is 2.21 bits per heavy atom. The molecule has 1 N–H and O–H groups in total. The van der Waals surface area contributed by atoms with Crippen molar-refractivity contribution in [1.82, 2.24) is 10.2 Å². The zero-order chi connectivity index (χ0) is 13.5. The molecule has 1 aromatic rings. The Morgan fingerprint density at radius 3 is 2.95 bits per heavy atom. The topological polar surface area (TPSA) is 41.6 Å². The average Bonchev–Trinajstić information content (AvgIpc) is 2.47. The summed E-state index contributed by atoms with van der Waals surface area (Å²) in [4.78, 5) is 14.0. The molecule has 104 valence electrons. The minimum absolute atomic E-state index is 0.191. The van der Waals surface area contributed by atoms with Crippen molar-refractivity contribution in [2.24, 2.45) is 0 Å². The van der Waals surface area contributed by atoms with Gasteiger partial charge in [0.05, 0.1) is 0 Å². The van der Waals surface area contributed by atoms with Gasteiger partial charge in [0.2, 0.25) is 0 Å². The van der Waals surface area contributed by atoms with E-state index in [4.69, 9.17) is 4.74 Å². The number of hydrogen-bond acceptors (Lipinski definition) is 3. The third kappa shape index (κ3) is 3.96. The second-order valence-electron chi connectivity index (χ2n) is 4.88. The zero-order valence-corrected chi connectivity index (χ0v) is 11.5. The van der Waals surface area contributed by atoms with Crippen LogP contribution in [0.25, 0.3) is 0 Å². The van der Waals surface area contributed by atoms with E-state index in [0.717, 1.165) is 38.0 Å². The molecule has 1 amide bonds. The Hall–Kier alpha value is -1.55. The van der Waals surface area contributed by atoms with Crippen LogP contribution in [0.2, 0.25) is 0 Å². The summed E-state index contributed by atoms with van der Waals surface area (Å²) < 4.78 is 5.40. The van der Waals surface area contributed by atoms with Crippen LogP contribution in [-0.4, -0.2) is 36.7 Å². The maximum Gasteiger partial charge on any atom is 0.410 e. The number of nitrogens with zero attached hydrogens (tertiary/aromatic N) is 1. The summed E-state index contributed by atoms with van der Waals surface area (Å²) in [7, 11) is 0. The van der Waals surface area contributed by atoms with E-state index in [1.54, 1.807) is 0 Å². The third-order valence-corrected chi connectivity index (χ3v) is 3.41. The van der Waals surface area contributed by atoms with Gasteiger partial charge in [-0.15, -0.1) is 0 Å². The Bertz CT molecular complexity index is 392. The Balaban J connectivity index is 1.87. The van der Waals surface area contributed by atoms with Gasteiger partial charge in [0.15, 0.2) is 0 Å². The molecule has 0 bridgehead atoms. The molecular weight excluding hydrogens is 240 g/mol. The van der Waals surface area contributed by atoms with Gasteiger partial charge in [0.1, 0.15) is 6.61 Å². The molecule has 2 rings (SSSR count). The largest absolute Gasteiger partial charge is 0.445 e. The number of hydrogen-bond donors (Lipinski definition) is 1. The molecule has 1 aliphatic rings. The highest BCUT2D eigenvalue weighted by molar-refractivity contribution is 5.68. The molecule has 4 nitrogen and oxygen atoms in total. The highest BCUT2D eigenvalue weighted by atomic mass is 16.6. The Morgan fingerprint density at radius 1 is 1.42 bits per heavy atom. The van der Waals surface area contributed by atoms with Crippen molar-refractivity contribution in [3.63, 3.8) is 0 Å². The quantitative estimate of drug-likeness (QED) is 0.906. The Kier molecular flexibility index (Phi) is 5.21. The maximum atomic E-state index is 12.1. The van der Waals surface area contributed by atoms with Crippen LogP contribution < -0.4 is 5.32 Å². The molecule has 1 heterocycles. The van der Waals surface area contributed by atoms with E-state index in [1.807, 2.05) is 35.2 Å². The second kappa shape index (κ2) is 7.14. The van der Waals surface area contributed by atoms with Crippen LogP contribution in [0.4, 0.5) is 4.79 Å². The number of benzene rings is 1. The average molecular weight is 262 g/mol. The van der Waals surface area contributed by atoms with E-state index in [0.29, 0.717) is 6.61 Å². The van der Waals surface area contributed by atoms with Crippen LogP contribution in [0, 0.1) is 0 Å². The number of carbonyl (C=O) groups is 1. The van der Waals surface area contributed by atoms with Gasteiger partial charge in [0, 0.05) is 25.7 Å². The highest BCUT2D eigenvalue weighted by Crippen LogP contribution is 2.12. The number of ether oxygens (including phenoxy) is 1. The molecule has 1 atom stereocenters. The molecule has 0 saturated carbocycles. The van der Waals surface area contributed by atoms with Crippen molar-refractivity contribution in [3.05, 3.63) is 35.9 Å². The fraction of sp³-hybridized carbons (Fsp3) is 0.533. The lowest BCUT2D eigenvalue weighted by Gasteiger charge is -2.35. The predicted molar refractivity (Wildman–Crippen MR) is 74.9 cm³/mol. The van der Waals surface area contributed by atoms with E-state index in [-0.39, 0.29) is 12.1 Å². The lowest BCUT2D eigenvalue weighted by Crippen LogP contribution is -2.53. The number of nitrogens with one attached hydrogen (secondary N) is 1. The van der Waals surface area contributed by atoms with Crippen LogP contribution in [0.15, 0.2) is 30.3 Å². The molecule has 1 saturated heterocycles. The molecular formula is C15H22N2O2. The normalized spacial score (nSPS) is 19.2. The molecule has 1 aromatic carbocycles. The van der Waals surface area contributed by atoms with E-state index < -0.39 is 0 Å². The summed E-state index contributed by atoms with van der Waals surface area (Å²) in [6.45, 7) is 4.94. The maximum absolute atomic E-state index is 12.1.